The first-order valence-electron chi connectivity index (χ1n) is 6.43. The zero-order valence-corrected chi connectivity index (χ0v) is 10.3. The highest BCUT2D eigenvalue weighted by molar-refractivity contribution is 5.69. The van der Waals surface area contributed by atoms with Crippen LogP contribution in [0.4, 0.5) is 4.79 Å². The van der Waals surface area contributed by atoms with Gasteiger partial charge in [-0.25, -0.2) is 4.79 Å². The SMILES string of the molecule is CCCCCCCCN1CC(CN)OC1=O. The summed E-state index contributed by atoms with van der Waals surface area (Å²) in [4.78, 5) is 13.1. The van der Waals surface area contributed by atoms with Crippen molar-refractivity contribution in [1.29, 1.82) is 0 Å². The lowest BCUT2D eigenvalue weighted by Gasteiger charge is -2.12. The molecule has 2 N–H and O–H groups in total. The van der Waals surface area contributed by atoms with E-state index in [0.717, 1.165) is 13.0 Å². The highest BCUT2D eigenvalue weighted by atomic mass is 16.6. The highest BCUT2D eigenvalue weighted by Crippen LogP contribution is 2.12. The van der Waals surface area contributed by atoms with Gasteiger partial charge in [-0.15, -0.1) is 0 Å². The molecule has 0 saturated carbocycles. The van der Waals surface area contributed by atoms with Gasteiger partial charge in [0.1, 0.15) is 6.10 Å². The molecular weight excluding hydrogens is 204 g/mol. The lowest BCUT2D eigenvalue weighted by Crippen LogP contribution is -2.28. The molecule has 0 aliphatic carbocycles. The molecule has 4 nitrogen and oxygen atoms in total. The summed E-state index contributed by atoms with van der Waals surface area (Å²) in [6, 6.07) is 0. The van der Waals surface area contributed by atoms with Gasteiger partial charge in [0.25, 0.3) is 0 Å². The van der Waals surface area contributed by atoms with Crippen molar-refractivity contribution in [3.05, 3.63) is 0 Å². The summed E-state index contributed by atoms with van der Waals surface area (Å²) in [5, 5.41) is 0. The van der Waals surface area contributed by atoms with E-state index in [2.05, 4.69) is 6.92 Å². The van der Waals surface area contributed by atoms with Gasteiger partial charge in [-0.1, -0.05) is 39.0 Å². The number of carbonyl (C=O) groups is 1. The van der Waals surface area contributed by atoms with E-state index >= 15 is 0 Å². The van der Waals surface area contributed by atoms with Gasteiger partial charge in [0.15, 0.2) is 0 Å². The van der Waals surface area contributed by atoms with E-state index in [9.17, 15) is 4.79 Å². The van der Waals surface area contributed by atoms with Gasteiger partial charge in [-0.3, -0.25) is 0 Å². The molecule has 1 fully saturated rings. The van der Waals surface area contributed by atoms with Crippen LogP contribution in [-0.2, 0) is 4.74 Å². The number of carbonyl (C=O) groups excluding carboxylic acids is 1. The third-order valence-electron chi connectivity index (χ3n) is 2.99. The fourth-order valence-corrected chi connectivity index (χ4v) is 1.96. The van der Waals surface area contributed by atoms with E-state index in [4.69, 9.17) is 10.5 Å². The van der Waals surface area contributed by atoms with Crippen LogP contribution in [0.2, 0.25) is 0 Å². The number of ether oxygens (including phenoxy) is 1. The largest absolute Gasteiger partial charge is 0.443 e. The van der Waals surface area contributed by atoms with Crippen molar-refractivity contribution in [2.75, 3.05) is 19.6 Å². The Kier molecular flexibility index (Phi) is 6.23. The minimum Gasteiger partial charge on any atom is -0.443 e. The molecule has 1 rings (SSSR count). The molecule has 0 spiro atoms. The minimum absolute atomic E-state index is 0.0902. The van der Waals surface area contributed by atoms with E-state index in [0.29, 0.717) is 13.1 Å². The van der Waals surface area contributed by atoms with Crippen molar-refractivity contribution >= 4 is 6.09 Å². The predicted octanol–water partition coefficient (Wildman–Crippen LogP) is 2.13. The Morgan fingerprint density at radius 2 is 2.00 bits per heavy atom. The number of amides is 1. The van der Waals surface area contributed by atoms with Crippen LogP contribution < -0.4 is 5.73 Å². The molecule has 0 aromatic carbocycles. The number of unbranched alkanes of at least 4 members (excludes halogenated alkanes) is 5. The Morgan fingerprint density at radius 3 is 2.62 bits per heavy atom. The first kappa shape index (κ1) is 13.3. The van der Waals surface area contributed by atoms with Crippen LogP contribution in [0.1, 0.15) is 45.4 Å². The number of nitrogens with two attached hydrogens (primary N) is 1. The number of hydrogen-bond donors (Lipinski definition) is 1. The summed E-state index contributed by atoms with van der Waals surface area (Å²) in [6.07, 6.45) is 7.19. The fraction of sp³-hybridized carbons (Fsp3) is 0.917. The van der Waals surface area contributed by atoms with Crippen molar-refractivity contribution in [2.24, 2.45) is 5.73 Å². The number of cyclic esters (lactones) is 1. The highest BCUT2D eigenvalue weighted by Gasteiger charge is 2.29. The average molecular weight is 228 g/mol. The predicted molar refractivity (Wildman–Crippen MR) is 64.3 cm³/mol. The second-order valence-electron chi connectivity index (χ2n) is 4.46. The molecule has 4 heteroatoms. The molecule has 0 bridgehead atoms. The van der Waals surface area contributed by atoms with Gasteiger partial charge >= 0.3 is 6.09 Å². The topological polar surface area (TPSA) is 55.6 Å². The Hall–Kier alpha value is -0.770. The van der Waals surface area contributed by atoms with Crippen LogP contribution in [0.3, 0.4) is 0 Å². The van der Waals surface area contributed by atoms with Crippen molar-refractivity contribution in [3.8, 4) is 0 Å². The molecule has 1 aliphatic rings. The molecule has 0 radical (unpaired) electrons. The van der Waals surface area contributed by atoms with Crippen LogP contribution in [0, 0.1) is 0 Å². The summed E-state index contributed by atoms with van der Waals surface area (Å²) >= 11 is 0. The number of rotatable bonds is 8. The number of hydrogen-bond acceptors (Lipinski definition) is 3. The van der Waals surface area contributed by atoms with Crippen molar-refractivity contribution in [2.45, 2.75) is 51.6 Å². The molecule has 94 valence electrons. The zero-order valence-electron chi connectivity index (χ0n) is 10.3. The van der Waals surface area contributed by atoms with Crippen molar-refractivity contribution in [3.63, 3.8) is 0 Å². The molecular formula is C12H24N2O2. The lowest BCUT2D eigenvalue weighted by molar-refractivity contribution is 0.135. The molecule has 16 heavy (non-hydrogen) atoms. The monoisotopic (exact) mass is 228 g/mol. The smallest absolute Gasteiger partial charge is 0.410 e. The normalized spacial score (nSPS) is 20.2. The van der Waals surface area contributed by atoms with Crippen LogP contribution in [-0.4, -0.2) is 36.7 Å². The number of nitrogens with zero attached hydrogens (tertiary/aromatic N) is 1. The van der Waals surface area contributed by atoms with E-state index in [1.807, 2.05) is 0 Å². The third kappa shape index (κ3) is 4.39. The molecule has 1 atom stereocenters. The quantitative estimate of drug-likeness (QED) is 0.647. The van der Waals surface area contributed by atoms with Crippen LogP contribution in [0.15, 0.2) is 0 Å². The van der Waals surface area contributed by atoms with E-state index < -0.39 is 0 Å². The maximum Gasteiger partial charge on any atom is 0.410 e. The van der Waals surface area contributed by atoms with Crippen molar-refractivity contribution < 1.29 is 9.53 Å². The third-order valence-corrected chi connectivity index (χ3v) is 2.99. The van der Waals surface area contributed by atoms with Gasteiger partial charge in [-0.05, 0) is 6.42 Å². The fourth-order valence-electron chi connectivity index (χ4n) is 1.96. The van der Waals surface area contributed by atoms with Gasteiger partial charge in [0.2, 0.25) is 0 Å². The summed E-state index contributed by atoms with van der Waals surface area (Å²) in [5.41, 5.74) is 5.46. The second-order valence-corrected chi connectivity index (χ2v) is 4.46. The van der Waals surface area contributed by atoms with Gasteiger partial charge in [0, 0.05) is 13.1 Å². The van der Waals surface area contributed by atoms with Gasteiger partial charge in [0.05, 0.1) is 6.54 Å². The summed E-state index contributed by atoms with van der Waals surface area (Å²) in [7, 11) is 0. The molecule has 0 aromatic rings. The summed E-state index contributed by atoms with van der Waals surface area (Å²) in [6.45, 7) is 4.14. The van der Waals surface area contributed by atoms with E-state index in [1.165, 1.54) is 32.1 Å². The molecule has 0 aromatic heterocycles. The molecule has 1 saturated heterocycles. The van der Waals surface area contributed by atoms with Gasteiger partial charge in [-0.2, -0.15) is 0 Å². The Bertz CT molecular complexity index is 209. The molecule has 1 aliphatic heterocycles. The standard InChI is InChI=1S/C12H24N2O2/c1-2-3-4-5-6-7-8-14-10-11(9-13)16-12(14)15/h11H,2-10,13H2,1H3. The molecule has 1 amide bonds. The van der Waals surface area contributed by atoms with E-state index in [1.54, 1.807) is 4.90 Å². The Morgan fingerprint density at radius 1 is 1.31 bits per heavy atom. The lowest BCUT2D eigenvalue weighted by atomic mass is 10.1. The molecule has 1 heterocycles. The summed E-state index contributed by atoms with van der Waals surface area (Å²) < 4.78 is 5.08. The minimum atomic E-state index is -0.191. The maximum atomic E-state index is 11.4. The average Bonchev–Trinajstić information content (AvgIpc) is 2.65. The zero-order chi connectivity index (χ0) is 11.8. The second kappa shape index (κ2) is 7.49. The maximum absolute atomic E-state index is 11.4. The van der Waals surface area contributed by atoms with Crippen LogP contribution in [0.5, 0.6) is 0 Å². The Labute approximate surface area is 98.1 Å². The van der Waals surface area contributed by atoms with Crippen LogP contribution >= 0.6 is 0 Å². The first-order valence-corrected chi connectivity index (χ1v) is 6.43. The Balaban J connectivity index is 2.03. The van der Waals surface area contributed by atoms with E-state index in [-0.39, 0.29) is 12.2 Å². The van der Waals surface area contributed by atoms with Gasteiger partial charge < -0.3 is 15.4 Å². The van der Waals surface area contributed by atoms with Crippen LogP contribution in [0.25, 0.3) is 0 Å². The first-order chi connectivity index (χ1) is 7.77. The summed E-state index contributed by atoms with van der Waals surface area (Å²) in [5.74, 6) is 0. The molecule has 1 unspecified atom stereocenters. The van der Waals surface area contributed by atoms with Crippen molar-refractivity contribution in [1.82, 2.24) is 4.90 Å².